The average Bonchev–Trinajstić information content (AvgIpc) is 2.40. The zero-order valence-electron chi connectivity index (χ0n) is 13.0. The van der Waals surface area contributed by atoms with Gasteiger partial charge in [-0.25, -0.2) is 4.99 Å². The fraction of sp³-hybridized carbons (Fsp3) is 0.263. The van der Waals surface area contributed by atoms with Gasteiger partial charge in [0.25, 0.3) is 0 Å². The van der Waals surface area contributed by atoms with Crippen LogP contribution in [0, 0.1) is 0 Å². The molecule has 0 N–H and O–H groups in total. The van der Waals surface area contributed by atoms with E-state index >= 15 is 0 Å². The Kier molecular flexibility index (Phi) is 3.25. The van der Waals surface area contributed by atoms with E-state index in [4.69, 9.17) is 9.98 Å². The molecule has 1 aliphatic carbocycles. The molecule has 2 aliphatic rings. The van der Waals surface area contributed by atoms with Crippen molar-refractivity contribution in [3.8, 4) is 0 Å². The van der Waals surface area contributed by atoms with Crippen molar-refractivity contribution in [2.24, 2.45) is 9.98 Å². The molecule has 2 nitrogen and oxygen atoms in total. The van der Waals surface area contributed by atoms with Gasteiger partial charge < -0.3 is 0 Å². The molecule has 2 heteroatoms. The van der Waals surface area contributed by atoms with Crippen molar-refractivity contribution in [3.63, 3.8) is 0 Å². The largest absolute Gasteiger partial charge is 0.275 e. The molecule has 106 valence electrons. The second-order valence-electron chi connectivity index (χ2n) is 6.20. The summed E-state index contributed by atoms with van der Waals surface area (Å²) in [6.45, 7) is 8.52. The van der Waals surface area contributed by atoms with E-state index in [-0.39, 0.29) is 5.54 Å². The van der Waals surface area contributed by atoms with Gasteiger partial charge in [-0.3, -0.25) is 4.99 Å². The smallest absolute Gasteiger partial charge is 0.0744 e. The van der Waals surface area contributed by atoms with E-state index in [0.29, 0.717) is 0 Å². The van der Waals surface area contributed by atoms with E-state index in [0.717, 1.165) is 22.7 Å². The third kappa shape index (κ3) is 2.80. The number of rotatable bonds is 1. The number of hydrogen-bond acceptors (Lipinski definition) is 2. The maximum absolute atomic E-state index is 4.82. The van der Waals surface area contributed by atoms with E-state index in [1.54, 1.807) is 0 Å². The minimum absolute atomic E-state index is 0.123. The highest BCUT2D eigenvalue weighted by atomic mass is 14.9. The number of nitrogens with zero attached hydrogens (tertiary/aromatic N) is 2. The fourth-order valence-corrected chi connectivity index (χ4v) is 2.80. The van der Waals surface area contributed by atoms with Crippen molar-refractivity contribution in [2.45, 2.75) is 33.2 Å². The molecule has 0 radical (unpaired) electrons. The van der Waals surface area contributed by atoms with Crippen molar-refractivity contribution in [1.82, 2.24) is 0 Å². The first-order chi connectivity index (χ1) is 9.94. The molecule has 1 aliphatic heterocycles. The van der Waals surface area contributed by atoms with Crippen LogP contribution in [-0.2, 0) is 0 Å². The molecule has 0 aromatic heterocycles. The van der Waals surface area contributed by atoms with Gasteiger partial charge in [0, 0.05) is 5.57 Å². The minimum atomic E-state index is -0.123. The molecule has 0 spiro atoms. The van der Waals surface area contributed by atoms with Gasteiger partial charge in [0.05, 0.1) is 22.6 Å². The molecule has 0 bridgehead atoms. The van der Waals surface area contributed by atoms with Crippen molar-refractivity contribution in [3.05, 3.63) is 65.3 Å². The third-order valence-corrected chi connectivity index (χ3v) is 3.72. The van der Waals surface area contributed by atoms with E-state index in [2.05, 4.69) is 45.9 Å². The number of allylic oxidation sites excluding steroid dienone is 5. The van der Waals surface area contributed by atoms with Gasteiger partial charge in [0.1, 0.15) is 0 Å². The summed E-state index contributed by atoms with van der Waals surface area (Å²) in [5.74, 6) is 0. The Bertz CT molecular complexity index is 726. The standard InChI is InChI=1S/C19H20N2/c1-13-10-18-16(14(2)12-19(3,4)21-18)11-17(13)20-15-8-6-5-7-9-15/h5-12H,1-4H3. The third-order valence-electron chi connectivity index (χ3n) is 3.72. The van der Waals surface area contributed by atoms with Gasteiger partial charge in [-0.15, -0.1) is 0 Å². The number of dihydropyridines is 1. The van der Waals surface area contributed by atoms with E-state index in [9.17, 15) is 0 Å². The lowest BCUT2D eigenvalue weighted by Crippen LogP contribution is -2.25. The highest BCUT2D eigenvalue weighted by Crippen LogP contribution is 2.30. The highest BCUT2D eigenvalue weighted by Gasteiger charge is 2.25. The summed E-state index contributed by atoms with van der Waals surface area (Å²) in [7, 11) is 0. The summed E-state index contributed by atoms with van der Waals surface area (Å²) < 4.78 is 0. The molecule has 1 aromatic carbocycles. The second kappa shape index (κ2) is 4.96. The molecule has 1 aromatic rings. The lowest BCUT2D eigenvalue weighted by Gasteiger charge is -2.27. The van der Waals surface area contributed by atoms with Gasteiger partial charge in [-0.2, -0.15) is 0 Å². The van der Waals surface area contributed by atoms with Crippen molar-refractivity contribution >= 4 is 17.1 Å². The van der Waals surface area contributed by atoms with E-state index < -0.39 is 0 Å². The summed E-state index contributed by atoms with van der Waals surface area (Å²) >= 11 is 0. The summed E-state index contributed by atoms with van der Waals surface area (Å²) in [6, 6.07) is 10.1. The van der Waals surface area contributed by atoms with Crippen LogP contribution in [0.1, 0.15) is 27.7 Å². The van der Waals surface area contributed by atoms with Crippen molar-refractivity contribution in [1.29, 1.82) is 0 Å². The molecular weight excluding hydrogens is 256 g/mol. The minimum Gasteiger partial charge on any atom is -0.275 e. The first-order valence-electron chi connectivity index (χ1n) is 7.29. The quantitative estimate of drug-likeness (QED) is 0.657. The number of benzene rings is 1. The Morgan fingerprint density at radius 2 is 1.67 bits per heavy atom. The SMILES string of the molecule is CC1=CC(C)(C)N=C2C=C(C)C(=Nc3ccccc3)C=C12. The van der Waals surface area contributed by atoms with Crippen LogP contribution in [0.25, 0.3) is 0 Å². The van der Waals surface area contributed by atoms with Crippen LogP contribution in [0.5, 0.6) is 0 Å². The molecule has 0 unspecified atom stereocenters. The van der Waals surface area contributed by atoms with Crippen molar-refractivity contribution in [2.75, 3.05) is 0 Å². The Morgan fingerprint density at radius 3 is 2.38 bits per heavy atom. The molecular formula is C19H20N2. The first-order valence-corrected chi connectivity index (χ1v) is 7.29. The predicted octanol–water partition coefficient (Wildman–Crippen LogP) is 4.82. The van der Waals surface area contributed by atoms with E-state index in [1.807, 2.05) is 30.3 Å². The maximum atomic E-state index is 4.82. The maximum Gasteiger partial charge on any atom is 0.0744 e. The summed E-state index contributed by atoms with van der Waals surface area (Å²) in [6.07, 6.45) is 6.52. The fourth-order valence-electron chi connectivity index (χ4n) is 2.80. The van der Waals surface area contributed by atoms with Crippen LogP contribution in [0.15, 0.2) is 75.3 Å². The molecule has 0 amide bonds. The van der Waals surface area contributed by atoms with Crippen LogP contribution < -0.4 is 0 Å². The topological polar surface area (TPSA) is 24.7 Å². The van der Waals surface area contributed by atoms with Crippen molar-refractivity contribution < 1.29 is 0 Å². The van der Waals surface area contributed by atoms with E-state index in [1.165, 1.54) is 11.1 Å². The summed E-state index contributed by atoms with van der Waals surface area (Å²) in [5, 5.41) is 0. The number of aliphatic imine (C=N–C) groups is 2. The van der Waals surface area contributed by atoms with Gasteiger partial charge >= 0.3 is 0 Å². The Labute approximate surface area is 126 Å². The monoisotopic (exact) mass is 276 g/mol. The molecule has 1 heterocycles. The zero-order valence-corrected chi connectivity index (χ0v) is 13.0. The predicted molar refractivity (Wildman–Crippen MR) is 90.6 cm³/mol. The number of para-hydroxylation sites is 1. The molecule has 3 rings (SSSR count). The lowest BCUT2D eigenvalue weighted by atomic mass is 9.86. The number of hydrogen-bond donors (Lipinski definition) is 0. The molecule has 0 saturated heterocycles. The van der Waals surface area contributed by atoms with Crippen LogP contribution in [-0.4, -0.2) is 17.0 Å². The Balaban J connectivity index is 2.06. The lowest BCUT2D eigenvalue weighted by molar-refractivity contribution is 0.648. The summed E-state index contributed by atoms with van der Waals surface area (Å²) in [4.78, 5) is 9.57. The van der Waals surface area contributed by atoms with Gasteiger partial charge in [-0.1, -0.05) is 24.3 Å². The van der Waals surface area contributed by atoms with Crippen LogP contribution >= 0.6 is 0 Å². The Morgan fingerprint density at radius 1 is 0.952 bits per heavy atom. The average molecular weight is 276 g/mol. The second-order valence-corrected chi connectivity index (χ2v) is 6.20. The molecule has 0 saturated carbocycles. The van der Waals surface area contributed by atoms with Crippen LogP contribution in [0.4, 0.5) is 5.69 Å². The molecule has 21 heavy (non-hydrogen) atoms. The van der Waals surface area contributed by atoms with Gasteiger partial charge in [0.15, 0.2) is 0 Å². The van der Waals surface area contributed by atoms with Crippen LogP contribution in [0.3, 0.4) is 0 Å². The Hall–Kier alpha value is -2.22. The number of fused-ring (bicyclic) bond motifs is 1. The molecule has 0 atom stereocenters. The first kappa shape index (κ1) is 13.7. The van der Waals surface area contributed by atoms with Gasteiger partial charge in [-0.05, 0) is 63.1 Å². The zero-order chi connectivity index (χ0) is 15.0. The van der Waals surface area contributed by atoms with Crippen LogP contribution in [0.2, 0.25) is 0 Å². The summed E-state index contributed by atoms with van der Waals surface area (Å²) in [5.41, 5.74) is 6.57. The molecule has 0 fully saturated rings. The van der Waals surface area contributed by atoms with Gasteiger partial charge in [0.2, 0.25) is 0 Å². The highest BCUT2D eigenvalue weighted by molar-refractivity contribution is 6.26. The normalized spacial score (nSPS) is 22.0.